The molecule has 14 heavy (non-hydrogen) atoms. The highest BCUT2D eigenvalue weighted by Gasteiger charge is 2.48. The minimum atomic E-state index is 0.232. The van der Waals surface area contributed by atoms with Gasteiger partial charge in [0.1, 0.15) is 0 Å². The highest BCUT2D eigenvalue weighted by atomic mass is 16.5. The van der Waals surface area contributed by atoms with Crippen molar-refractivity contribution in [3.63, 3.8) is 0 Å². The van der Waals surface area contributed by atoms with Crippen LogP contribution in [-0.4, -0.2) is 35.7 Å². The first kappa shape index (κ1) is 10.4. The summed E-state index contributed by atoms with van der Waals surface area (Å²) in [7, 11) is 0. The first-order valence-electron chi connectivity index (χ1n) is 5.94. The molecule has 0 N–H and O–H groups in total. The van der Waals surface area contributed by atoms with Gasteiger partial charge in [0.25, 0.3) is 0 Å². The number of nitrogens with zero attached hydrogens (tertiary/aromatic N) is 1. The number of rotatable bonds is 1. The summed E-state index contributed by atoms with van der Waals surface area (Å²) in [4.78, 5) is 2.50. The van der Waals surface area contributed by atoms with Gasteiger partial charge in [0.15, 0.2) is 0 Å². The first-order valence-corrected chi connectivity index (χ1v) is 5.94. The van der Waals surface area contributed by atoms with Gasteiger partial charge in [-0.1, -0.05) is 6.92 Å². The Bertz CT molecular complexity index is 208. The van der Waals surface area contributed by atoms with Gasteiger partial charge < -0.3 is 4.74 Å². The van der Waals surface area contributed by atoms with E-state index in [1.54, 1.807) is 0 Å². The second-order valence-electron chi connectivity index (χ2n) is 5.52. The molecule has 82 valence electrons. The van der Waals surface area contributed by atoms with E-state index in [0.717, 1.165) is 19.0 Å². The third-order valence-electron chi connectivity index (χ3n) is 4.01. The normalized spacial score (nSPS) is 37.5. The minimum absolute atomic E-state index is 0.232. The van der Waals surface area contributed by atoms with E-state index in [0.29, 0.717) is 12.1 Å². The highest BCUT2D eigenvalue weighted by Crippen LogP contribution is 2.39. The lowest BCUT2D eigenvalue weighted by Crippen LogP contribution is -2.67. The van der Waals surface area contributed by atoms with Gasteiger partial charge in [-0.05, 0) is 39.5 Å². The molecule has 2 saturated heterocycles. The van der Waals surface area contributed by atoms with Crippen molar-refractivity contribution in [2.75, 3.05) is 13.1 Å². The average Bonchev–Trinajstić information content (AvgIpc) is 2.05. The Morgan fingerprint density at radius 2 is 1.93 bits per heavy atom. The second-order valence-corrected chi connectivity index (χ2v) is 5.52. The monoisotopic (exact) mass is 197 g/mol. The molecule has 2 fully saturated rings. The molecule has 0 radical (unpaired) electrons. The molecule has 0 aliphatic carbocycles. The molecule has 2 aliphatic heterocycles. The molecule has 0 aromatic carbocycles. The summed E-state index contributed by atoms with van der Waals surface area (Å²) in [5.41, 5.74) is 0.232. The summed E-state index contributed by atoms with van der Waals surface area (Å²) in [5, 5.41) is 0. The van der Waals surface area contributed by atoms with Gasteiger partial charge in [-0.15, -0.1) is 0 Å². The van der Waals surface area contributed by atoms with Crippen LogP contribution in [0, 0.1) is 5.92 Å². The summed E-state index contributed by atoms with van der Waals surface area (Å²) in [6, 6.07) is 0.680. The molecular formula is C12H23NO. The zero-order valence-corrected chi connectivity index (χ0v) is 9.92. The lowest BCUT2D eigenvalue weighted by Gasteiger charge is -2.55. The first-order chi connectivity index (χ1) is 6.52. The van der Waals surface area contributed by atoms with Crippen molar-refractivity contribution < 1.29 is 4.74 Å². The summed E-state index contributed by atoms with van der Waals surface area (Å²) < 4.78 is 6.16. The van der Waals surface area contributed by atoms with E-state index >= 15 is 0 Å². The molecule has 2 aliphatic rings. The fourth-order valence-corrected chi connectivity index (χ4v) is 2.59. The maximum Gasteiger partial charge on any atom is 0.0938 e. The van der Waals surface area contributed by atoms with Crippen LogP contribution in [0.15, 0.2) is 0 Å². The minimum Gasteiger partial charge on any atom is -0.369 e. The van der Waals surface area contributed by atoms with Crippen molar-refractivity contribution in [2.24, 2.45) is 5.92 Å². The molecule has 0 aromatic rings. The van der Waals surface area contributed by atoms with Gasteiger partial charge >= 0.3 is 0 Å². The number of hydrogen-bond acceptors (Lipinski definition) is 2. The second kappa shape index (κ2) is 3.49. The van der Waals surface area contributed by atoms with Crippen LogP contribution in [-0.2, 0) is 4.74 Å². The van der Waals surface area contributed by atoms with E-state index in [-0.39, 0.29) is 5.60 Å². The van der Waals surface area contributed by atoms with Gasteiger partial charge in [-0.3, -0.25) is 4.90 Å². The van der Waals surface area contributed by atoms with Crippen molar-refractivity contribution in [3.05, 3.63) is 0 Å². The van der Waals surface area contributed by atoms with E-state index < -0.39 is 0 Å². The van der Waals surface area contributed by atoms with Crippen LogP contribution < -0.4 is 0 Å². The van der Waals surface area contributed by atoms with Gasteiger partial charge in [-0.25, -0.2) is 0 Å². The Kier molecular flexibility index (Phi) is 2.61. The lowest BCUT2D eigenvalue weighted by molar-refractivity contribution is -0.213. The quantitative estimate of drug-likeness (QED) is 0.639. The van der Waals surface area contributed by atoms with E-state index in [4.69, 9.17) is 4.74 Å². The summed E-state index contributed by atoms with van der Waals surface area (Å²) in [5.74, 6) is 0.744. The highest BCUT2D eigenvalue weighted by molar-refractivity contribution is 5.01. The average molecular weight is 197 g/mol. The lowest BCUT2D eigenvalue weighted by atomic mass is 9.80. The standard InChI is InChI=1S/C12H23NO/c1-9(2)13-7-12(8-13)6-5-10(3)11(4)14-12/h9-11H,5-8H2,1-4H3. The van der Waals surface area contributed by atoms with E-state index in [9.17, 15) is 0 Å². The van der Waals surface area contributed by atoms with Gasteiger partial charge in [-0.2, -0.15) is 0 Å². The topological polar surface area (TPSA) is 12.5 Å². The molecule has 0 saturated carbocycles. The Labute approximate surface area is 87.6 Å². The van der Waals surface area contributed by atoms with E-state index in [1.165, 1.54) is 12.8 Å². The largest absolute Gasteiger partial charge is 0.369 e. The number of likely N-dealkylation sites (tertiary alicyclic amines) is 1. The fourth-order valence-electron chi connectivity index (χ4n) is 2.59. The van der Waals surface area contributed by atoms with Crippen LogP contribution in [0.5, 0.6) is 0 Å². The Morgan fingerprint density at radius 1 is 1.29 bits per heavy atom. The van der Waals surface area contributed by atoms with E-state index in [2.05, 4.69) is 32.6 Å². The smallest absolute Gasteiger partial charge is 0.0938 e. The zero-order chi connectivity index (χ0) is 10.3. The van der Waals surface area contributed by atoms with Crippen molar-refractivity contribution in [1.29, 1.82) is 0 Å². The predicted molar refractivity (Wildman–Crippen MR) is 58.4 cm³/mol. The summed E-state index contributed by atoms with van der Waals surface area (Å²) in [6.45, 7) is 11.4. The van der Waals surface area contributed by atoms with Crippen molar-refractivity contribution in [3.8, 4) is 0 Å². The van der Waals surface area contributed by atoms with E-state index in [1.807, 2.05) is 0 Å². The van der Waals surface area contributed by atoms with Crippen LogP contribution in [0.25, 0.3) is 0 Å². The maximum atomic E-state index is 6.16. The molecule has 2 heterocycles. The predicted octanol–water partition coefficient (Wildman–Crippen LogP) is 2.28. The Morgan fingerprint density at radius 3 is 2.43 bits per heavy atom. The summed E-state index contributed by atoms with van der Waals surface area (Å²) >= 11 is 0. The Hall–Kier alpha value is -0.0800. The third-order valence-corrected chi connectivity index (χ3v) is 4.01. The maximum absolute atomic E-state index is 6.16. The summed E-state index contributed by atoms with van der Waals surface area (Å²) in [6.07, 6.45) is 3.06. The molecule has 0 amide bonds. The zero-order valence-electron chi connectivity index (χ0n) is 9.92. The fraction of sp³-hybridized carbons (Fsp3) is 1.00. The molecule has 1 spiro atoms. The number of hydrogen-bond donors (Lipinski definition) is 0. The van der Waals surface area contributed by atoms with Crippen LogP contribution in [0.1, 0.15) is 40.5 Å². The SMILES string of the molecule is CC1CCC2(CN(C(C)C)C2)OC1C. The molecule has 0 bridgehead atoms. The van der Waals surface area contributed by atoms with Crippen LogP contribution >= 0.6 is 0 Å². The van der Waals surface area contributed by atoms with Crippen molar-refractivity contribution in [1.82, 2.24) is 4.90 Å². The third kappa shape index (κ3) is 1.70. The molecular weight excluding hydrogens is 174 g/mol. The molecule has 2 nitrogen and oxygen atoms in total. The molecule has 2 rings (SSSR count). The van der Waals surface area contributed by atoms with Gasteiger partial charge in [0.05, 0.1) is 11.7 Å². The van der Waals surface area contributed by atoms with Gasteiger partial charge in [0, 0.05) is 19.1 Å². The van der Waals surface area contributed by atoms with Crippen molar-refractivity contribution in [2.45, 2.75) is 58.3 Å². The van der Waals surface area contributed by atoms with Gasteiger partial charge in [0.2, 0.25) is 0 Å². The molecule has 2 atom stereocenters. The van der Waals surface area contributed by atoms with Crippen LogP contribution in [0.4, 0.5) is 0 Å². The van der Waals surface area contributed by atoms with Crippen LogP contribution in [0.3, 0.4) is 0 Å². The van der Waals surface area contributed by atoms with Crippen LogP contribution in [0.2, 0.25) is 0 Å². The van der Waals surface area contributed by atoms with Crippen molar-refractivity contribution >= 4 is 0 Å². The number of ether oxygens (including phenoxy) is 1. The Balaban J connectivity index is 1.89. The molecule has 2 heteroatoms. The molecule has 2 unspecified atom stereocenters. The molecule has 0 aromatic heterocycles.